The van der Waals surface area contributed by atoms with E-state index < -0.39 is 6.10 Å². The summed E-state index contributed by atoms with van der Waals surface area (Å²) in [6, 6.07) is 15.0. The molecule has 6 heteroatoms. The number of hydrogen-bond donors (Lipinski definition) is 1. The van der Waals surface area contributed by atoms with Crippen molar-refractivity contribution in [2.45, 2.75) is 32.5 Å². The average Bonchev–Trinajstić information content (AvgIpc) is 3.19. The summed E-state index contributed by atoms with van der Waals surface area (Å²) in [5.74, 6) is -0.207. The number of pyridine rings is 1. The Labute approximate surface area is 159 Å². The summed E-state index contributed by atoms with van der Waals surface area (Å²) >= 11 is 0. The highest BCUT2D eigenvalue weighted by atomic mass is 16.3. The van der Waals surface area contributed by atoms with E-state index >= 15 is 0 Å². The van der Waals surface area contributed by atoms with Gasteiger partial charge < -0.3 is 10.0 Å². The van der Waals surface area contributed by atoms with Gasteiger partial charge in [0.05, 0.1) is 12.6 Å². The van der Waals surface area contributed by atoms with E-state index in [0.29, 0.717) is 12.2 Å². The van der Waals surface area contributed by atoms with Gasteiger partial charge in [0.15, 0.2) is 0 Å². The number of rotatable bonds is 7. The molecule has 3 rings (SSSR count). The Morgan fingerprint density at radius 1 is 1.11 bits per heavy atom. The van der Waals surface area contributed by atoms with Crippen LogP contribution in [0.5, 0.6) is 0 Å². The van der Waals surface area contributed by atoms with E-state index in [-0.39, 0.29) is 18.5 Å². The lowest BCUT2D eigenvalue weighted by atomic mass is 10.1. The molecule has 1 amide bonds. The summed E-state index contributed by atoms with van der Waals surface area (Å²) in [7, 11) is 0. The molecule has 0 saturated carbocycles. The number of nitrogens with zero attached hydrogens (tertiary/aromatic N) is 4. The van der Waals surface area contributed by atoms with Crippen LogP contribution in [0.25, 0.3) is 0 Å². The Morgan fingerprint density at radius 2 is 1.81 bits per heavy atom. The SMILES string of the molecule is CC(C)n1ccc(C(=O)N(Cc2ccncc2)CC(O)c2ccccc2)n1. The monoisotopic (exact) mass is 364 g/mol. The highest BCUT2D eigenvalue weighted by Crippen LogP contribution is 2.18. The normalized spacial score (nSPS) is 12.1. The van der Waals surface area contributed by atoms with Crippen LogP contribution in [-0.4, -0.2) is 37.2 Å². The fourth-order valence-electron chi connectivity index (χ4n) is 2.82. The molecule has 140 valence electrons. The Balaban J connectivity index is 1.83. The topological polar surface area (TPSA) is 71.2 Å². The lowest BCUT2D eigenvalue weighted by molar-refractivity contribution is 0.0597. The van der Waals surface area contributed by atoms with Gasteiger partial charge in [-0.1, -0.05) is 30.3 Å². The molecule has 2 heterocycles. The Hall–Kier alpha value is -2.99. The third-order valence-electron chi connectivity index (χ3n) is 4.34. The van der Waals surface area contributed by atoms with Gasteiger partial charge in [-0.2, -0.15) is 5.10 Å². The molecule has 3 aromatic rings. The zero-order chi connectivity index (χ0) is 19.2. The number of amides is 1. The minimum Gasteiger partial charge on any atom is -0.387 e. The highest BCUT2D eigenvalue weighted by Gasteiger charge is 2.22. The van der Waals surface area contributed by atoms with Crippen molar-refractivity contribution in [3.8, 4) is 0 Å². The number of carbonyl (C=O) groups excluding carboxylic acids is 1. The predicted octanol–water partition coefficient (Wildman–Crippen LogP) is 3.24. The number of aliphatic hydroxyl groups excluding tert-OH is 1. The van der Waals surface area contributed by atoms with Crippen LogP contribution < -0.4 is 0 Å². The minimum absolute atomic E-state index is 0.176. The van der Waals surface area contributed by atoms with Crippen LogP contribution in [-0.2, 0) is 6.54 Å². The van der Waals surface area contributed by atoms with Crippen molar-refractivity contribution < 1.29 is 9.90 Å². The Bertz CT molecular complexity index is 862. The van der Waals surface area contributed by atoms with E-state index in [2.05, 4.69) is 10.1 Å². The van der Waals surface area contributed by atoms with Crippen molar-refractivity contribution in [3.63, 3.8) is 0 Å². The quantitative estimate of drug-likeness (QED) is 0.699. The zero-order valence-corrected chi connectivity index (χ0v) is 15.6. The van der Waals surface area contributed by atoms with E-state index in [1.807, 2.05) is 56.3 Å². The first kappa shape index (κ1) is 18.8. The van der Waals surface area contributed by atoms with Gasteiger partial charge >= 0.3 is 0 Å². The molecule has 0 aliphatic heterocycles. The summed E-state index contributed by atoms with van der Waals surface area (Å²) in [6.07, 6.45) is 4.41. The maximum Gasteiger partial charge on any atom is 0.274 e. The van der Waals surface area contributed by atoms with Gasteiger partial charge in [0.25, 0.3) is 5.91 Å². The summed E-state index contributed by atoms with van der Waals surface area (Å²) in [6.45, 7) is 4.57. The molecule has 0 radical (unpaired) electrons. The Morgan fingerprint density at radius 3 is 2.44 bits per heavy atom. The second kappa shape index (κ2) is 8.60. The lowest BCUT2D eigenvalue weighted by Crippen LogP contribution is -2.34. The maximum absolute atomic E-state index is 13.1. The molecule has 1 N–H and O–H groups in total. The third-order valence-corrected chi connectivity index (χ3v) is 4.34. The molecule has 0 saturated heterocycles. The van der Waals surface area contributed by atoms with E-state index in [9.17, 15) is 9.90 Å². The van der Waals surface area contributed by atoms with Crippen molar-refractivity contribution in [1.82, 2.24) is 19.7 Å². The van der Waals surface area contributed by atoms with Crippen molar-refractivity contribution in [2.24, 2.45) is 0 Å². The summed E-state index contributed by atoms with van der Waals surface area (Å²) in [5.41, 5.74) is 2.10. The lowest BCUT2D eigenvalue weighted by Gasteiger charge is -2.25. The molecule has 0 bridgehead atoms. The van der Waals surface area contributed by atoms with Crippen molar-refractivity contribution in [3.05, 3.63) is 83.9 Å². The first-order chi connectivity index (χ1) is 13.0. The maximum atomic E-state index is 13.1. The zero-order valence-electron chi connectivity index (χ0n) is 15.6. The molecule has 2 aromatic heterocycles. The van der Waals surface area contributed by atoms with Crippen LogP contribution in [0.1, 0.15) is 47.6 Å². The van der Waals surface area contributed by atoms with Crippen LogP contribution in [0.4, 0.5) is 0 Å². The van der Waals surface area contributed by atoms with Crippen LogP contribution >= 0.6 is 0 Å². The van der Waals surface area contributed by atoms with E-state index in [0.717, 1.165) is 11.1 Å². The van der Waals surface area contributed by atoms with Gasteiger partial charge in [-0.3, -0.25) is 14.5 Å². The molecule has 6 nitrogen and oxygen atoms in total. The van der Waals surface area contributed by atoms with Gasteiger partial charge in [0.1, 0.15) is 5.69 Å². The number of aliphatic hydroxyl groups is 1. The number of aromatic nitrogens is 3. The van der Waals surface area contributed by atoms with Crippen molar-refractivity contribution in [2.75, 3.05) is 6.54 Å². The van der Waals surface area contributed by atoms with Crippen molar-refractivity contribution >= 4 is 5.91 Å². The first-order valence-corrected chi connectivity index (χ1v) is 9.01. The van der Waals surface area contributed by atoms with Gasteiger partial charge in [-0.25, -0.2) is 0 Å². The Kier molecular flexibility index (Phi) is 5.98. The molecular formula is C21H24N4O2. The largest absolute Gasteiger partial charge is 0.387 e. The molecule has 1 atom stereocenters. The molecule has 0 fully saturated rings. The molecular weight excluding hydrogens is 340 g/mol. The van der Waals surface area contributed by atoms with E-state index in [1.165, 1.54) is 0 Å². The summed E-state index contributed by atoms with van der Waals surface area (Å²) in [5, 5.41) is 15.0. The predicted molar refractivity (Wildman–Crippen MR) is 103 cm³/mol. The smallest absolute Gasteiger partial charge is 0.274 e. The van der Waals surface area contributed by atoms with Gasteiger partial charge in [-0.05, 0) is 43.2 Å². The summed E-state index contributed by atoms with van der Waals surface area (Å²) < 4.78 is 1.76. The van der Waals surface area contributed by atoms with Crippen LogP contribution in [0.3, 0.4) is 0 Å². The number of carbonyl (C=O) groups is 1. The molecule has 0 aliphatic rings. The third kappa shape index (κ3) is 4.80. The summed E-state index contributed by atoms with van der Waals surface area (Å²) in [4.78, 5) is 18.7. The first-order valence-electron chi connectivity index (χ1n) is 9.01. The molecule has 27 heavy (non-hydrogen) atoms. The standard InChI is InChI=1S/C21H24N4O2/c1-16(2)25-13-10-19(23-25)21(27)24(14-17-8-11-22-12-9-17)15-20(26)18-6-4-3-5-7-18/h3-13,16,20,26H,14-15H2,1-2H3. The second-order valence-corrected chi connectivity index (χ2v) is 6.74. The van der Waals surface area contributed by atoms with Gasteiger partial charge in [-0.15, -0.1) is 0 Å². The van der Waals surface area contributed by atoms with Gasteiger partial charge in [0, 0.05) is 31.2 Å². The molecule has 0 aliphatic carbocycles. The number of hydrogen-bond acceptors (Lipinski definition) is 4. The van der Waals surface area contributed by atoms with E-state index in [1.54, 1.807) is 34.2 Å². The fourth-order valence-corrected chi connectivity index (χ4v) is 2.82. The fraction of sp³-hybridized carbons (Fsp3) is 0.286. The van der Waals surface area contributed by atoms with Crippen LogP contribution in [0.2, 0.25) is 0 Å². The highest BCUT2D eigenvalue weighted by molar-refractivity contribution is 5.92. The minimum atomic E-state index is -0.774. The van der Waals surface area contributed by atoms with Crippen LogP contribution in [0.15, 0.2) is 67.1 Å². The average molecular weight is 364 g/mol. The number of benzene rings is 1. The molecule has 1 aromatic carbocycles. The molecule has 1 unspecified atom stereocenters. The second-order valence-electron chi connectivity index (χ2n) is 6.74. The molecule has 0 spiro atoms. The van der Waals surface area contributed by atoms with Crippen molar-refractivity contribution in [1.29, 1.82) is 0 Å². The van der Waals surface area contributed by atoms with E-state index in [4.69, 9.17) is 0 Å². The van der Waals surface area contributed by atoms with Gasteiger partial charge in [0.2, 0.25) is 0 Å². The van der Waals surface area contributed by atoms with Crippen LogP contribution in [0, 0.1) is 0 Å².